The molecule has 1 amide bonds. The molecule has 0 aromatic carbocycles. The highest BCUT2D eigenvalue weighted by Gasteiger charge is 2.31. The summed E-state index contributed by atoms with van der Waals surface area (Å²) in [7, 11) is -1.35. The molecule has 1 atom stereocenters. The van der Waals surface area contributed by atoms with Crippen LogP contribution in [0.25, 0.3) is 0 Å². The number of rotatable bonds is 3. The Bertz CT molecular complexity index is 256. The second-order valence-corrected chi connectivity index (χ2v) is 4.21. The van der Waals surface area contributed by atoms with Crippen LogP contribution in [0.3, 0.4) is 0 Å². The van der Waals surface area contributed by atoms with Gasteiger partial charge in [-0.05, 0) is 12.8 Å². The molecule has 5 heteroatoms. The summed E-state index contributed by atoms with van der Waals surface area (Å²) in [5.41, 5.74) is 4.14. The van der Waals surface area contributed by atoms with Crippen LogP contribution in [-0.4, -0.2) is 17.7 Å². The van der Waals surface area contributed by atoms with E-state index < -0.39 is 22.0 Å². The molecule has 0 rings (SSSR count). The van der Waals surface area contributed by atoms with E-state index in [4.69, 9.17) is 5.73 Å². The molecule has 0 aliphatic carbocycles. The molecule has 0 saturated carbocycles. The van der Waals surface area contributed by atoms with Crippen molar-refractivity contribution in [3.8, 4) is 0 Å². The zero-order valence-electron chi connectivity index (χ0n) is 7.83. The van der Waals surface area contributed by atoms with Crippen LogP contribution in [0.4, 0.5) is 0 Å². The van der Waals surface area contributed by atoms with Gasteiger partial charge in [-0.25, -0.2) is 0 Å². The zero-order valence-corrected chi connectivity index (χ0v) is 8.64. The molecule has 0 saturated heterocycles. The Balaban J connectivity index is 5.02. The molecule has 4 nitrogen and oxygen atoms in total. The third kappa shape index (κ3) is 2.48. The maximum absolute atomic E-state index is 11.0. The first-order valence-corrected chi connectivity index (χ1v) is 5.18. The zero-order chi connectivity index (χ0) is 9.94. The average molecular weight is 191 g/mol. The fourth-order valence-corrected chi connectivity index (χ4v) is 1.54. The predicted molar refractivity (Wildman–Crippen MR) is 48.8 cm³/mol. The number of hydrogen-bond acceptors (Lipinski definition) is 4. The summed E-state index contributed by atoms with van der Waals surface area (Å²) in [5.74, 6) is -0.577. The highest BCUT2D eigenvalue weighted by atomic mass is 32.2. The van der Waals surface area contributed by atoms with E-state index in [1.807, 2.05) is 13.8 Å². The van der Waals surface area contributed by atoms with Gasteiger partial charge in [0.1, 0.15) is 5.54 Å². The van der Waals surface area contributed by atoms with E-state index in [2.05, 4.69) is 4.36 Å². The number of amides is 1. The Morgan fingerprint density at radius 1 is 1.58 bits per heavy atom. The van der Waals surface area contributed by atoms with Crippen molar-refractivity contribution in [3.05, 3.63) is 0 Å². The smallest absolute Gasteiger partial charge is 0.242 e. The van der Waals surface area contributed by atoms with Crippen molar-refractivity contribution in [2.45, 2.75) is 26.3 Å². The van der Waals surface area contributed by atoms with E-state index >= 15 is 0 Å². The monoisotopic (exact) mass is 191 g/mol. The summed E-state index contributed by atoms with van der Waals surface area (Å²) in [6.07, 6.45) is 1.42. The molecule has 0 spiro atoms. The first-order valence-electron chi connectivity index (χ1n) is 3.67. The van der Waals surface area contributed by atoms with Gasteiger partial charge in [-0.15, -0.1) is 6.26 Å². The molecule has 0 aromatic heterocycles. The standard InChI is InChI=1S/C7H15N2O2S/c1-5(2)7(3,6(8)10)9-12(4)11/h5H,1-4H3,(H2,8,10)/q-1/t7-/m0/s1. The summed E-state index contributed by atoms with van der Waals surface area (Å²) >= 11 is 0. The Morgan fingerprint density at radius 3 is 2.08 bits per heavy atom. The highest BCUT2D eigenvalue weighted by Crippen LogP contribution is 2.20. The molecule has 0 bridgehead atoms. The van der Waals surface area contributed by atoms with E-state index in [1.165, 1.54) is 6.26 Å². The lowest BCUT2D eigenvalue weighted by atomic mass is 9.89. The molecular weight excluding hydrogens is 176 g/mol. The minimum Gasteiger partial charge on any atom is -0.445 e. The molecule has 0 aromatic rings. The van der Waals surface area contributed by atoms with Gasteiger partial charge in [0.05, 0.1) is 0 Å². The van der Waals surface area contributed by atoms with Crippen molar-refractivity contribution in [1.82, 2.24) is 0 Å². The second-order valence-electron chi connectivity index (χ2n) is 3.18. The Hall–Kier alpha value is -0.580. The first kappa shape index (κ1) is 11.4. The Kier molecular flexibility index (Phi) is 3.70. The van der Waals surface area contributed by atoms with E-state index in [-0.39, 0.29) is 5.92 Å². The van der Waals surface area contributed by atoms with Crippen LogP contribution in [0.2, 0.25) is 0 Å². The van der Waals surface area contributed by atoms with Crippen LogP contribution in [0.5, 0.6) is 0 Å². The maximum atomic E-state index is 11.0. The molecule has 0 radical (unpaired) electrons. The summed E-state index contributed by atoms with van der Waals surface area (Å²) in [5, 5.41) is 0. The summed E-state index contributed by atoms with van der Waals surface area (Å²) in [6, 6.07) is 0. The lowest BCUT2D eigenvalue weighted by molar-refractivity contribution is -0.123. The van der Waals surface area contributed by atoms with Gasteiger partial charge in [-0.3, -0.25) is 4.79 Å². The van der Waals surface area contributed by atoms with E-state index in [0.717, 1.165) is 0 Å². The number of carbonyl (C=O) groups is 1. The minimum absolute atomic E-state index is 0.0427. The number of nitrogens with zero attached hydrogens (tertiary/aromatic N) is 1. The maximum Gasteiger partial charge on any atom is 0.242 e. The minimum atomic E-state index is -1.35. The molecule has 2 N–H and O–H groups in total. The fourth-order valence-electron chi connectivity index (χ4n) is 0.702. The van der Waals surface area contributed by atoms with Gasteiger partial charge in [0.15, 0.2) is 0 Å². The van der Waals surface area contributed by atoms with E-state index in [9.17, 15) is 9.00 Å². The molecule has 0 aliphatic rings. The average Bonchev–Trinajstić information content (AvgIpc) is 1.84. The van der Waals surface area contributed by atoms with Crippen molar-refractivity contribution in [2.24, 2.45) is 16.0 Å². The second kappa shape index (κ2) is 3.89. The number of hydrogen-bond donors (Lipinski definition) is 1. The van der Waals surface area contributed by atoms with Crippen molar-refractivity contribution in [1.29, 1.82) is 0 Å². The summed E-state index contributed by atoms with van der Waals surface area (Å²) < 4.78 is 14.6. The van der Waals surface area contributed by atoms with Crippen LogP contribution in [-0.2, 0) is 19.6 Å². The third-order valence-electron chi connectivity index (χ3n) is 1.94. The number of nitrogens with two attached hydrogens (primary N) is 1. The summed E-state index contributed by atoms with van der Waals surface area (Å²) in [4.78, 5) is 11.0. The SMILES string of the molecule is CC(C)[C@](C)(N=[S-](C)=O)C(N)=O. The van der Waals surface area contributed by atoms with Crippen molar-refractivity contribution in [2.75, 3.05) is 6.26 Å². The van der Waals surface area contributed by atoms with Crippen LogP contribution >= 0.6 is 0 Å². The van der Waals surface area contributed by atoms with Gasteiger partial charge in [0, 0.05) is 0 Å². The molecule has 72 valence electrons. The lowest BCUT2D eigenvalue weighted by Gasteiger charge is -2.28. The predicted octanol–water partition coefficient (Wildman–Crippen LogP) is 0.664. The summed E-state index contributed by atoms with van der Waals surface area (Å²) in [6.45, 7) is 5.24. The van der Waals surface area contributed by atoms with Gasteiger partial charge >= 0.3 is 0 Å². The third-order valence-corrected chi connectivity index (χ3v) is 2.58. The van der Waals surface area contributed by atoms with E-state index in [0.29, 0.717) is 0 Å². The van der Waals surface area contributed by atoms with Crippen LogP contribution in [0.15, 0.2) is 4.36 Å². The largest absolute Gasteiger partial charge is 0.445 e. The van der Waals surface area contributed by atoms with Gasteiger partial charge in [0.2, 0.25) is 5.91 Å². The van der Waals surface area contributed by atoms with Crippen LogP contribution < -0.4 is 5.73 Å². The molecule has 0 unspecified atom stereocenters. The highest BCUT2D eigenvalue weighted by molar-refractivity contribution is 7.74. The molecular formula is C7H15N2O2S-. The van der Waals surface area contributed by atoms with E-state index in [1.54, 1.807) is 6.92 Å². The molecule has 12 heavy (non-hydrogen) atoms. The number of primary amides is 1. The Morgan fingerprint density at radius 2 is 2.00 bits per heavy atom. The van der Waals surface area contributed by atoms with Gasteiger partial charge < -0.3 is 14.3 Å². The topological polar surface area (TPSA) is 72.5 Å². The first-order chi connectivity index (χ1) is 5.30. The van der Waals surface area contributed by atoms with Crippen molar-refractivity contribution in [3.63, 3.8) is 0 Å². The van der Waals surface area contributed by atoms with Gasteiger partial charge in [0.25, 0.3) is 0 Å². The van der Waals surface area contributed by atoms with Gasteiger partial charge in [-0.1, -0.05) is 13.8 Å². The van der Waals surface area contributed by atoms with Crippen molar-refractivity contribution >= 4 is 16.5 Å². The molecule has 0 fully saturated rings. The molecule has 0 heterocycles. The Labute approximate surface area is 74.7 Å². The number of carbonyl (C=O) groups excluding carboxylic acids is 1. The lowest BCUT2D eigenvalue weighted by Crippen LogP contribution is -2.43. The van der Waals surface area contributed by atoms with Crippen molar-refractivity contribution < 1.29 is 9.00 Å². The quantitative estimate of drug-likeness (QED) is 0.666. The molecule has 0 aliphatic heterocycles. The fraction of sp³-hybridized carbons (Fsp3) is 0.857. The van der Waals surface area contributed by atoms with Gasteiger partial charge in [-0.2, -0.15) is 10.6 Å². The normalized spacial score (nSPS) is 19.1. The van der Waals surface area contributed by atoms with Crippen LogP contribution in [0.1, 0.15) is 20.8 Å². The van der Waals surface area contributed by atoms with Crippen LogP contribution in [0, 0.1) is 5.92 Å².